The smallest absolute Gasteiger partial charge is 0.273 e. The zero-order chi connectivity index (χ0) is 14.5. The van der Waals surface area contributed by atoms with Crippen LogP contribution in [0, 0.1) is 0 Å². The van der Waals surface area contributed by atoms with Crippen LogP contribution in [0.5, 0.6) is 0 Å². The van der Waals surface area contributed by atoms with Crippen molar-refractivity contribution in [1.29, 1.82) is 0 Å². The van der Waals surface area contributed by atoms with Crippen molar-refractivity contribution in [1.82, 2.24) is 15.1 Å². The quantitative estimate of drug-likeness (QED) is 0.878. The predicted molar refractivity (Wildman–Crippen MR) is 79.7 cm³/mol. The molecule has 0 saturated carbocycles. The van der Waals surface area contributed by atoms with Gasteiger partial charge in [-0.1, -0.05) is 25.1 Å². The Balaban J connectivity index is 2.21. The first-order valence-corrected chi connectivity index (χ1v) is 6.75. The minimum absolute atomic E-state index is 0.152. The fourth-order valence-corrected chi connectivity index (χ4v) is 2.19. The molecule has 2 rings (SSSR count). The Kier molecular flexibility index (Phi) is 4.53. The maximum absolute atomic E-state index is 12.2. The van der Waals surface area contributed by atoms with Crippen molar-refractivity contribution in [2.75, 3.05) is 11.9 Å². The molecule has 106 valence electrons. The first kappa shape index (κ1) is 14.3. The van der Waals surface area contributed by atoms with Crippen LogP contribution in [-0.4, -0.2) is 22.2 Å². The Morgan fingerprint density at radius 2 is 2.10 bits per heavy atom. The fraction of sp³-hybridized carbons (Fsp3) is 0.333. The van der Waals surface area contributed by atoms with Gasteiger partial charge in [0.05, 0.1) is 0 Å². The van der Waals surface area contributed by atoms with Gasteiger partial charge in [-0.2, -0.15) is 5.10 Å². The molecule has 5 heteroatoms. The van der Waals surface area contributed by atoms with E-state index in [0.717, 1.165) is 17.8 Å². The lowest BCUT2D eigenvalue weighted by Crippen LogP contribution is -2.21. The number of carbonyl (C=O) groups excluding carboxylic acids is 1. The Labute approximate surface area is 119 Å². The van der Waals surface area contributed by atoms with Crippen molar-refractivity contribution in [3.63, 3.8) is 0 Å². The number of anilines is 1. The second-order valence-electron chi connectivity index (χ2n) is 4.66. The van der Waals surface area contributed by atoms with E-state index in [1.165, 1.54) is 0 Å². The number of aromatic nitrogens is 2. The van der Waals surface area contributed by atoms with E-state index in [9.17, 15) is 4.79 Å². The SMILES string of the molecule is CCNC(C)c1ccccc1NC(=O)c1ccnn1C. The summed E-state index contributed by atoms with van der Waals surface area (Å²) in [5, 5.41) is 10.3. The van der Waals surface area contributed by atoms with Gasteiger partial charge in [-0.25, -0.2) is 0 Å². The highest BCUT2D eigenvalue weighted by Crippen LogP contribution is 2.22. The number of nitrogens with one attached hydrogen (secondary N) is 2. The molecule has 0 aliphatic rings. The lowest BCUT2D eigenvalue weighted by atomic mass is 10.1. The maximum atomic E-state index is 12.2. The summed E-state index contributed by atoms with van der Waals surface area (Å²) in [6, 6.07) is 9.71. The van der Waals surface area contributed by atoms with E-state index in [0.29, 0.717) is 5.69 Å². The molecule has 0 spiro atoms. The number of hydrogen-bond acceptors (Lipinski definition) is 3. The summed E-state index contributed by atoms with van der Waals surface area (Å²) in [4.78, 5) is 12.2. The molecule has 0 saturated heterocycles. The summed E-state index contributed by atoms with van der Waals surface area (Å²) in [5.74, 6) is -0.152. The molecule has 0 bridgehead atoms. The molecular formula is C15H20N4O. The van der Waals surface area contributed by atoms with Crippen molar-refractivity contribution < 1.29 is 4.79 Å². The van der Waals surface area contributed by atoms with Crippen LogP contribution in [0.15, 0.2) is 36.5 Å². The third-order valence-corrected chi connectivity index (χ3v) is 3.24. The van der Waals surface area contributed by atoms with Gasteiger partial charge in [0, 0.05) is 25.0 Å². The second kappa shape index (κ2) is 6.34. The van der Waals surface area contributed by atoms with E-state index in [-0.39, 0.29) is 11.9 Å². The third kappa shape index (κ3) is 3.05. The van der Waals surface area contributed by atoms with E-state index in [1.54, 1.807) is 24.0 Å². The molecule has 0 aliphatic carbocycles. The zero-order valence-corrected chi connectivity index (χ0v) is 12.1. The van der Waals surface area contributed by atoms with Crippen molar-refractivity contribution in [2.24, 2.45) is 7.05 Å². The highest BCUT2D eigenvalue weighted by Gasteiger charge is 2.14. The fourth-order valence-electron chi connectivity index (χ4n) is 2.19. The topological polar surface area (TPSA) is 58.9 Å². The van der Waals surface area contributed by atoms with E-state index in [1.807, 2.05) is 24.3 Å². The van der Waals surface area contributed by atoms with Gasteiger partial charge in [-0.15, -0.1) is 0 Å². The molecule has 1 aromatic heterocycles. The molecule has 20 heavy (non-hydrogen) atoms. The van der Waals surface area contributed by atoms with Crippen LogP contribution in [0.4, 0.5) is 5.69 Å². The average Bonchev–Trinajstić information content (AvgIpc) is 2.86. The standard InChI is InChI=1S/C15H20N4O/c1-4-16-11(2)12-7-5-6-8-13(12)18-15(20)14-9-10-17-19(14)3/h5-11,16H,4H2,1-3H3,(H,18,20). The number of hydrogen-bond donors (Lipinski definition) is 2. The van der Waals surface area contributed by atoms with Gasteiger partial charge in [0.2, 0.25) is 0 Å². The summed E-state index contributed by atoms with van der Waals surface area (Å²) in [7, 11) is 1.75. The van der Waals surface area contributed by atoms with Gasteiger partial charge in [-0.3, -0.25) is 9.48 Å². The Hall–Kier alpha value is -2.14. The van der Waals surface area contributed by atoms with Gasteiger partial charge < -0.3 is 10.6 Å². The van der Waals surface area contributed by atoms with Crippen molar-refractivity contribution in [3.05, 3.63) is 47.8 Å². The Bertz CT molecular complexity index is 591. The molecule has 1 aromatic carbocycles. The average molecular weight is 272 g/mol. The molecule has 2 N–H and O–H groups in total. The summed E-state index contributed by atoms with van der Waals surface area (Å²) < 4.78 is 1.56. The minimum atomic E-state index is -0.152. The van der Waals surface area contributed by atoms with Gasteiger partial charge in [-0.05, 0) is 31.2 Å². The van der Waals surface area contributed by atoms with Crippen LogP contribution >= 0.6 is 0 Å². The number of carbonyl (C=O) groups is 1. The Morgan fingerprint density at radius 1 is 1.35 bits per heavy atom. The first-order chi connectivity index (χ1) is 9.63. The normalized spacial score (nSPS) is 12.2. The summed E-state index contributed by atoms with van der Waals surface area (Å²) in [6.07, 6.45) is 1.61. The highest BCUT2D eigenvalue weighted by atomic mass is 16.2. The molecule has 0 radical (unpaired) electrons. The van der Waals surface area contributed by atoms with Gasteiger partial charge >= 0.3 is 0 Å². The van der Waals surface area contributed by atoms with Gasteiger partial charge in [0.25, 0.3) is 5.91 Å². The van der Waals surface area contributed by atoms with Crippen molar-refractivity contribution in [2.45, 2.75) is 19.9 Å². The monoisotopic (exact) mass is 272 g/mol. The van der Waals surface area contributed by atoms with Crippen molar-refractivity contribution >= 4 is 11.6 Å². The number of amides is 1. The minimum Gasteiger partial charge on any atom is -0.320 e. The van der Waals surface area contributed by atoms with Gasteiger partial charge in [0.15, 0.2) is 0 Å². The van der Waals surface area contributed by atoms with Crippen LogP contribution in [0.1, 0.15) is 35.9 Å². The van der Waals surface area contributed by atoms with E-state index < -0.39 is 0 Å². The van der Waals surface area contributed by atoms with Gasteiger partial charge in [0.1, 0.15) is 5.69 Å². The highest BCUT2D eigenvalue weighted by molar-refractivity contribution is 6.03. The maximum Gasteiger partial charge on any atom is 0.273 e. The van der Waals surface area contributed by atoms with Crippen LogP contribution in [0.2, 0.25) is 0 Å². The lowest BCUT2D eigenvalue weighted by Gasteiger charge is -2.17. The number of benzene rings is 1. The first-order valence-electron chi connectivity index (χ1n) is 6.75. The number of rotatable bonds is 5. The largest absolute Gasteiger partial charge is 0.320 e. The van der Waals surface area contributed by atoms with Crippen LogP contribution in [0.25, 0.3) is 0 Å². The van der Waals surface area contributed by atoms with Crippen molar-refractivity contribution in [3.8, 4) is 0 Å². The molecule has 0 fully saturated rings. The van der Waals surface area contributed by atoms with E-state index in [2.05, 4.69) is 29.6 Å². The predicted octanol–water partition coefficient (Wildman–Crippen LogP) is 2.34. The van der Waals surface area contributed by atoms with Crippen LogP contribution < -0.4 is 10.6 Å². The van der Waals surface area contributed by atoms with E-state index >= 15 is 0 Å². The number of para-hydroxylation sites is 1. The number of aryl methyl sites for hydroxylation is 1. The zero-order valence-electron chi connectivity index (χ0n) is 12.1. The second-order valence-corrected chi connectivity index (χ2v) is 4.66. The molecule has 1 amide bonds. The molecule has 2 aromatic rings. The molecule has 5 nitrogen and oxygen atoms in total. The summed E-state index contributed by atoms with van der Waals surface area (Å²) >= 11 is 0. The Morgan fingerprint density at radius 3 is 2.75 bits per heavy atom. The van der Waals surface area contributed by atoms with E-state index in [4.69, 9.17) is 0 Å². The molecular weight excluding hydrogens is 252 g/mol. The summed E-state index contributed by atoms with van der Waals surface area (Å²) in [6.45, 7) is 5.02. The molecule has 1 atom stereocenters. The summed E-state index contributed by atoms with van der Waals surface area (Å²) in [5.41, 5.74) is 2.44. The van der Waals surface area contributed by atoms with Crippen LogP contribution in [-0.2, 0) is 7.05 Å². The van der Waals surface area contributed by atoms with Crippen LogP contribution in [0.3, 0.4) is 0 Å². The third-order valence-electron chi connectivity index (χ3n) is 3.24. The molecule has 1 heterocycles. The lowest BCUT2D eigenvalue weighted by molar-refractivity contribution is 0.101. The molecule has 0 aliphatic heterocycles. The number of nitrogens with zero attached hydrogens (tertiary/aromatic N) is 2. The molecule has 1 unspecified atom stereocenters.